The number of oxime groups is 1. The lowest BCUT2D eigenvalue weighted by atomic mass is 10.2. The minimum Gasteiger partial charge on any atom is -0.410 e. The predicted molar refractivity (Wildman–Crippen MR) is 53.7 cm³/mol. The zero-order chi connectivity index (χ0) is 11.4. The summed E-state index contributed by atoms with van der Waals surface area (Å²) >= 11 is 0. The highest BCUT2D eigenvalue weighted by molar-refractivity contribution is 6.02. The topological polar surface area (TPSA) is 108 Å². The largest absolute Gasteiger partial charge is 0.410 e. The summed E-state index contributed by atoms with van der Waals surface area (Å²) in [7, 11) is 0. The normalized spacial score (nSPS) is 22.6. The van der Waals surface area contributed by atoms with E-state index in [1.165, 1.54) is 6.33 Å². The maximum Gasteiger partial charge on any atom is 0.182 e. The summed E-state index contributed by atoms with van der Waals surface area (Å²) < 4.78 is 6.98. The van der Waals surface area contributed by atoms with Gasteiger partial charge in [-0.3, -0.25) is 0 Å². The Morgan fingerprint density at radius 2 is 2.56 bits per heavy atom. The third-order valence-corrected chi connectivity index (χ3v) is 2.08. The second-order valence-corrected chi connectivity index (χ2v) is 2.96. The van der Waals surface area contributed by atoms with Gasteiger partial charge in [-0.05, 0) is 11.6 Å². The van der Waals surface area contributed by atoms with Gasteiger partial charge in [-0.2, -0.15) is 0 Å². The molecule has 1 aromatic heterocycles. The molecule has 2 heterocycles. The lowest BCUT2D eigenvalue weighted by molar-refractivity contribution is 0.0651. The molecule has 0 spiro atoms. The van der Waals surface area contributed by atoms with Crippen molar-refractivity contribution in [3.63, 3.8) is 0 Å². The zero-order valence-corrected chi connectivity index (χ0v) is 8.13. The molecule has 82 valence electrons. The van der Waals surface area contributed by atoms with Gasteiger partial charge in [0.2, 0.25) is 0 Å². The van der Waals surface area contributed by atoms with Crippen molar-refractivity contribution in [3.05, 3.63) is 40.9 Å². The SMILES string of the molecule is [N-]=[N+]=NC1=CCO[C@H](n2ccnc2)/C1=N\O. The molecule has 1 aliphatic rings. The van der Waals surface area contributed by atoms with E-state index in [-0.39, 0.29) is 18.0 Å². The first kappa shape index (κ1) is 10.2. The van der Waals surface area contributed by atoms with Gasteiger partial charge in [-0.15, -0.1) is 0 Å². The van der Waals surface area contributed by atoms with Gasteiger partial charge in [-0.1, -0.05) is 10.3 Å². The van der Waals surface area contributed by atoms with Gasteiger partial charge in [0.15, 0.2) is 6.23 Å². The Hall–Kier alpha value is -2.31. The van der Waals surface area contributed by atoms with Gasteiger partial charge in [0.25, 0.3) is 0 Å². The van der Waals surface area contributed by atoms with Gasteiger partial charge < -0.3 is 14.5 Å². The van der Waals surface area contributed by atoms with E-state index < -0.39 is 6.23 Å². The van der Waals surface area contributed by atoms with Crippen LogP contribution in [0.2, 0.25) is 0 Å². The predicted octanol–water partition coefficient (Wildman–Crippen LogP) is 1.44. The van der Waals surface area contributed by atoms with Gasteiger partial charge in [0.05, 0.1) is 18.6 Å². The molecular weight excluding hydrogens is 212 g/mol. The average Bonchev–Trinajstić information content (AvgIpc) is 2.82. The summed E-state index contributed by atoms with van der Waals surface area (Å²) in [5.74, 6) is 0. The van der Waals surface area contributed by atoms with Crippen molar-refractivity contribution in [2.45, 2.75) is 6.23 Å². The quantitative estimate of drug-likeness (QED) is 0.267. The van der Waals surface area contributed by atoms with E-state index in [4.69, 9.17) is 15.5 Å². The van der Waals surface area contributed by atoms with Gasteiger partial charge in [-0.25, -0.2) is 4.98 Å². The van der Waals surface area contributed by atoms with Crippen LogP contribution in [0.1, 0.15) is 6.23 Å². The fourth-order valence-corrected chi connectivity index (χ4v) is 1.40. The van der Waals surface area contributed by atoms with Crippen molar-refractivity contribution >= 4 is 5.71 Å². The van der Waals surface area contributed by atoms with Gasteiger partial charge in [0.1, 0.15) is 5.71 Å². The van der Waals surface area contributed by atoms with Crippen molar-refractivity contribution in [3.8, 4) is 0 Å². The van der Waals surface area contributed by atoms with E-state index in [0.29, 0.717) is 0 Å². The highest BCUT2D eigenvalue weighted by Crippen LogP contribution is 2.21. The number of imidazole rings is 1. The third kappa shape index (κ3) is 1.74. The summed E-state index contributed by atoms with van der Waals surface area (Å²) in [6.07, 6.45) is 5.67. The Morgan fingerprint density at radius 1 is 1.69 bits per heavy atom. The first-order valence-electron chi connectivity index (χ1n) is 4.43. The summed E-state index contributed by atoms with van der Waals surface area (Å²) in [6.45, 7) is 0.274. The standard InChI is InChI=1S/C8H8N6O2/c9-13-11-6-1-4-16-8(7(6)12-15)14-3-2-10-5-14/h1-3,5,8,15H,4H2/b12-7-/t8-/m0/s1. The molecule has 8 nitrogen and oxygen atoms in total. The number of azide groups is 1. The lowest BCUT2D eigenvalue weighted by Gasteiger charge is -2.23. The Kier molecular flexibility index (Phi) is 2.86. The Bertz CT molecular complexity index is 471. The molecule has 0 aliphatic carbocycles. The minimum atomic E-state index is -0.627. The van der Waals surface area contributed by atoms with Crippen LogP contribution in [-0.4, -0.2) is 27.1 Å². The molecule has 0 unspecified atom stereocenters. The van der Waals surface area contributed by atoms with Crippen LogP contribution >= 0.6 is 0 Å². The van der Waals surface area contributed by atoms with Crippen molar-refractivity contribution in [2.24, 2.45) is 10.3 Å². The van der Waals surface area contributed by atoms with Crippen LogP contribution in [0.15, 0.2) is 40.8 Å². The van der Waals surface area contributed by atoms with Crippen LogP contribution in [0.4, 0.5) is 0 Å². The maximum absolute atomic E-state index is 8.91. The first-order chi connectivity index (χ1) is 7.86. The number of ether oxygens (including phenoxy) is 1. The Balaban J connectivity index is 2.36. The fraction of sp³-hybridized carbons (Fsp3) is 0.250. The number of rotatable bonds is 2. The summed E-state index contributed by atoms with van der Waals surface area (Å²) in [6, 6.07) is 0. The first-order valence-corrected chi connectivity index (χ1v) is 4.43. The summed E-state index contributed by atoms with van der Waals surface area (Å²) in [5.41, 5.74) is 8.78. The number of nitrogens with zero attached hydrogens (tertiary/aromatic N) is 6. The molecule has 16 heavy (non-hydrogen) atoms. The number of aromatic nitrogens is 2. The summed E-state index contributed by atoms with van der Waals surface area (Å²) in [5, 5.41) is 15.4. The Labute approximate surface area is 90.1 Å². The lowest BCUT2D eigenvalue weighted by Crippen LogP contribution is -2.26. The number of hydrogen-bond acceptors (Lipinski definition) is 5. The van der Waals surface area contributed by atoms with Crippen LogP contribution in [0.5, 0.6) is 0 Å². The average molecular weight is 220 g/mol. The molecule has 0 bridgehead atoms. The molecule has 0 radical (unpaired) electrons. The van der Waals surface area contributed by atoms with Crippen molar-refractivity contribution in [1.82, 2.24) is 9.55 Å². The molecular formula is C8H8N6O2. The molecule has 0 aromatic carbocycles. The molecule has 0 amide bonds. The highest BCUT2D eigenvalue weighted by Gasteiger charge is 2.25. The van der Waals surface area contributed by atoms with Crippen LogP contribution < -0.4 is 0 Å². The number of hydrogen-bond donors (Lipinski definition) is 1. The molecule has 0 saturated carbocycles. The Morgan fingerprint density at radius 3 is 3.19 bits per heavy atom. The maximum atomic E-state index is 8.91. The van der Waals surface area contributed by atoms with E-state index in [1.54, 1.807) is 23.0 Å². The second kappa shape index (κ2) is 4.47. The van der Waals surface area contributed by atoms with E-state index >= 15 is 0 Å². The van der Waals surface area contributed by atoms with E-state index in [1.807, 2.05) is 0 Å². The van der Waals surface area contributed by atoms with Crippen LogP contribution in [-0.2, 0) is 4.74 Å². The van der Waals surface area contributed by atoms with E-state index in [9.17, 15) is 0 Å². The van der Waals surface area contributed by atoms with E-state index in [0.717, 1.165) is 0 Å². The van der Waals surface area contributed by atoms with Crippen LogP contribution in [0.25, 0.3) is 10.4 Å². The van der Waals surface area contributed by atoms with E-state index in [2.05, 4.69) is 20.2 Å². The van der Waals surface area contributed by atoms with Crippen LogP contribution in [0.3, 0.4) is 0 Å². The molecule has 1 atom stereocenters. The fourth-order valence-electron chi connectivity index (χ4n) is 1.40. The molecule has 1 aromatic rings. The molecule has 2 rings (SSSR count). The summed E-state index contributed by atoms with van der Waals surface area (Å²) in [4.78, 5) is 6.52. The van der Waals surface area contributed by atoms with Gasteiger partial charge >= 0.3 is 0 Å². The minimum absolute atomic E-state index is 0.155. The van der Waals surface area contributed by atoms with Crippen LogP contribution in [0, 0.1) is 0 Å². The molecule has 8 heteroatoms. The van der Waals surface area contributed by atoms with Crippen molar-refractivity contribution < 1.29 is 9.94 Å². The third-order valence-electron chi connectivity index (χ3n) is 2.08. The molecule has 0 saturated heterocycles. The second-order valence-electron chi connectivity index (χ2n) is 2.96. The van der Waals surface area contributed by atoms with Gasteiger partial charge in [0, 0.05) is 17.3 Å². The molecule has 1 aliphatic heterocycles. The zero-order valence-electron chi connectivity index (χ0n) is 8.13. The smallest absolute Gasteiger partial charge is 0.182 e. The molecule has 0 fully saturated rings. The van der Waals surface area contributed by atoms with Crippen molar-refractivity contribution in [2.75, 3.05) is 6.61 Å². The monoisotopic (exact) mass is 220 g/mol. The highest BCUT2D eigenvalue weighted by atomic mass is 16.5. The molecule has 1 N–H and O–H groups in total. The van der Waals surface area contributed by atoms with Crippen molar-refractivity contribution in [1.29, 1.82) is 0 Å².